The average molecular weight is 619 g/mol. The Morgan fingerprint density at radius 3 is 2.37 bits per heavy atom. The standard InChI is InChI=1S/C25H42N6O12/c1-25(2,3)43-23(38)29-10-11-14(33)17(36)22(40-11)42-18(13(20(27)37)28-8-5-7-26)19-15(34)16(35)21(41-19)31-9-6-12(32)30(4)24(31)39/h6,9,11,13-19,21-22,28,33-36H,5,7-8,10,26H2,1-4H3,(H2,27,37)(H,29,38)/t11-,13?,14-,15-,16+,17-,18+,19+,21-,22+/m1/s1. The zero-order valence-electron chi connectivity index (χ0n) is 24.4. The van der Waals surface area contributed by atoms with Crippen molar-refractivity contribution in [2.24, 2.45) is 18.5 Å². The molecule has 0 bridgehead atoms. The minimum Gasteiger partial charge on any atom is -0.444 e. The second-order valence-electron chi connectivity index (χ2n) is 11.4. The van der Waals surface area contributed by atoms with Crippen LogP contribution >= 0.6 is 0 Å². The lowest BCUT2D eigenvalue weighted by Crippen LogP contribution is -2.59. The summed E-state index contributed by atoms with van der Waals surface area (Å²) in [7, 11) is 1.21. The number of nitrogens with two attached hydrogens (primary N) is 2. The third-order valence-corrected chi connectivity index (χ3v) is 6.93. The summed E-state index contributed by atoms with van der Waals surface area (Å²) in [6.07, 6.45) is -13.5. The third kappa shape index (κ3) is 8.16. The van der Waals surface area contributed by atoms with Gasteiger partial charge in [-0.3, -0.25) is 18.7 Å². The number of aliphatic hydroxyl groups excluding tert-OH is 4. The highest BCUT2D eigenvalue weighted by Gasteiger charge is 2.53. The van der Waals surface area contributed by atoms with Crippen LogP contribution in [0.1, 0.15) is 33.4 Å². The molecule has 0 aromatic carbocycles. The Morgan fingerprint density at radius 2 is 1.77 bits per heavy atom. The summed E-state index contributed by atoms with van der Waals surface area (Å²) in [4.78, 5) is 49.2. The molecule has 18 heteroatoms. The molecule has 2 saturated heterocycles. The molecule has 3 heterocycles. The number of aromatic nitrogens is 2. The Hall–Kier alpha value is -2.94. The molecule has 0 radical (unpaired) electrons. The topological polar surface area (TPSA) is 272 Å². The molecular weight excluding hydrogens is 576 g/mol. The summed E-state index contributed by atoms with van der Waals surface area (Å²) in [5, 5.41) is 48.4. The second-order valence-corrected chi connectivity index (χ2v) is 11.4. The molecule has 1 aromatic heterocycles. The SMILES string of the molecule is Cn1c(=O)ccn([C@@H]2O[C@H]([C@@H](O[C@@H]3O[C@H](CNC(=O)OC(C)(C)C)[C@@H](O)[C@H]3O)C(NCCCN)C(N)=O)[C@H](O)[C@@H]2O)c1=O. The zero-order chi connectivity index (χ0) is 32.2. The number of primary amides is 1. The first kappa shape index (κ1) is 34.5. The van der Waals surface area contributed by atoms with E-state index in [4.69, 9.17) is 30.4 Å². The van der Waals surface area contributed by atoms with Gasteiger partial charge in [0.15, 0.2) is 12.5 Å². The van der Waals surface area contributed by atoms with Gasteiger partial charge >= 0.3 is 11.8 Å². The Bertz CT molecular complexity index is 1230. The average Bonchev–Trinajstić information content (AvgIpc) is 3.36. The number of rotatable bonds is 12. The lowest BCUT2D eigenvalue weighted by Gasteiger charge is -2.34. The Kier molecular flexibility index (Phi) is 11.4. The predicted octanol–water partition coefficient (Wildman–Crippen LogP) is -4.68. The summed E-state index contributed by atoms with van der Waals surface area (Å²) in [6, 6.07) is -0.359. The molecule has 0 saturated carbocycles. The molecule has 1 unspecified atom stereocenters. The number of amides is 2. The van der Waals surface area contributed by atoms with Crippen molar-refractivity contribution >= 4 is 12.0 Å². The Morgan fingerprint density at radius 1 is 1.09 bits per heavy atom. The van der Waals surface area contributed by atoms with E-state index in [0.29, 0.717) is 6.42 Å². The summed E-state index contributed by atoms with van der Waals surface area (Å²) >= 11 is 0. The van der Waals surface area contributed by atoms with E-state index in [1.807, 2.05) is 0 Å². The molecule has 3 rings (SSSR count). The summed E-state index contributed by atoms with van der Waals surface area (Å²) < 4.78 is 24.2. The normalized spacial score (nSPS) is 30.6. The molecule has 43 heavy (non-hydrogen) atoms. The van der Waals surface area contributed by atoms with Gasteiger partial charge in [-0.15, -0.1) is 0 Å². The number of nitrogens with one attached hydrogen (secondary N) is 2. The van der Waals surface area contributed by atoms with Gasteiger partial charge in [0.1, 0.15) is 54.4 Å². The van der Waals surface area contributed by atoms with Crippen molar-refractivity contribution < 1.29 is 49.0 Å². The van der Waals surface area contributed by atoms with Crippen LogP contribution in [0, 0.1) is 0 Å². The van der Waals surface area contributed by atoms with Crippen LogP contribution in [0.3, 0.4) is 0 Å². The van der Waals surface area contributed by atoms with Gasteiger partial charge in [0, 0.05) is 25.9 Å². The van der Waals surface area contributed by atoms with Crippen molar-refractivity contribution in [3.63, 3.8) is 0 Å². The highest BCUT2D eigenvalue weighted by atomic mass is 16.7. The van der Waals surface area contributed by atoms with E-state index in [9.17, 15) is 39.6 Å². The zero-order valence-corrected chi connectivity index (χ0v) is 24.4. The molecule has 0 spiro atoms. The molecule has 2 aliphatic heterocycles. The van der Waals surface area contributed by atoms with Crippen LogP contribution in [0.4, 0.5) is 4.79 Å². The lowest BCUT2D eigenvalue weighted by molar-refractivity contribution is -0.226. The number of alkyl carbamates (subject to hydrolysis) is 1. The molecule has 1 aromatic rings. The number of hydrogen-bond acceptors (Lipinski definition) is 14. The first-order valence-electron chi connectivity index (χ1n) is 13.7. The van der Waals surface area contributed by atoms with Gasteiger partial charge in [-0.1, -0.05) is 0 Å². The van der Waals surface area contributed by atoms with E-state index in [1.165, 1.54) is 7.05 Å². The second kappa shape index (κ2) is 14.2. The Balaban J connectivity index is 1.87. The molecule has 10 N–H and O–H groups in total. The van der Waals surface area contributed by atoms with Gasteiger partial charge in [0.05, 0.1) is 0 Å². The number of carbonyl (C=O) groups excluding carboxylic acids is 2. The maximum atomic E-state index is 12.7. The fourth-order valence-corrected chi connectivity index (χ4v) is 4.70. The highest BCUT2D eigenvalue weighted by Crippen LogP contribution is 2.34. The maximum Gasteiger partial charge on any atom is 0.407 e. The van der Waals surface area contributed by atoms with E-state index >= 15 is 0 Å². The number of aliphatic hydroxyl groups is 4. The number of hydrogen-bond donors (Lipinski definition) is 8. The molecule has 244 valence electrons. The molecule has 2 amide bonds. The van der Waals surface area contributed by atoms with E-state index in [1.54, 1.807) is 20.8 Å². The first-order valence-corrected chi connectivity index (χ1v) is 13.7. The first-order chi connectivity index (χ1) is 20.1. The van der Waals surface area contributed by atoms with Crippen LogP contribution in [0.25, 0.3) is 0 Å². The maximum absolute atomic E-state index is 12.7. The monoisotopic (exact) mass is 618 g/mol. The van der Waals surface area contributed by atoms with E-state index in [-0.39, 0.29) is 19.6 Å². The molecule has 10 atom stereocenters. The summed E-state index contributed by atoms with van der Waals surface area (Å²) in [5.41, 5.74) is 8.94. The van der Waals surface area contributed by atoms with Crippen LogP contribution in [0.2, 0.25) is 0 Å². The molecule has 18 nitrogen and oxygen atoms in total. The minimum absolute atomic E-state index is 0.165. The van der Waals surface area contributed by atoms with Crippen LogP contribution in [0.15, 0.2) is 21.9 Å². The van der Waals surface area contributed by atoms with Gasteiger partial charge < -0.3 is 61.5 Å². The van der Waals surface area contributed by atoms with E-state index in [2.05, 4.69) is 10.6 Å². The summed E-state index contributed by atoms with van der Waals surface area (Å²) in [6.45, 7) is 5.12. The third-order valence-electron chi connectivity index (χ3n) is 6.93. The predicted molar refractivity (Wildman–Crippen MR) is 146 cm³/mol. The van der Waals surface area contributed by atoms with Gasteiger partial charge in [-0.2, -0.15) is 0 Å². The van der Waals surface area contributed by atoms with Crippen LogP contribution in [-0.4, -0.2) is 122 Å². The molecular formula is C25H42N6O12. The quantitative estimate of drug-likeness (QED) is 0.102. The largest absolute Gasteiger partial charge is 0.444 e. The minimum atomic E-state index is -1.77. The molecule has 2 fully saturated rings. The van der Waals surface area contributed by atoms with Gasteiger partial charge in [0.25, 0.3) is 5.56 Å². The number of carbonyl (C=O) groups is 2. The van der Waals surface area contributed by atoms with E-state index < -0.39 is 90.1 Å². The van der Waals surface area contributed by atoms with Crippen LogP contribution in [-0.2, 0) is 30.8 Å². The van der Waals surface area contributed by atoms with Gasteiger partial charge in [-0.05, 0) is 40.3 Å². The fraction of sp³-hybridized carbons (Fsp3) is 0.760. The van der Waals surface area contributed by atoms with Crippen molar-refractivity contribution in [2.45, 2.75) is 94.1 Å². The van der Waals surface area contributed by atoms with Crippen molar-refractivity contribution in [1.29, 1.82) is 0 Å². The van der Waals surface area contributed by atoms with E-state index in [0.717, 1.165) is 21.4 Å². The van der Waals surface area contributed by atoms with Crippen molar-refractivity contribution in [1.82, 2.24) is 19.8 Å². The van der Waals surface area contributed by atoms with Crippen LogP contribution in [0.5, 0.6) is 0 Å². The Labute approximate surface area is 246 Å². The van der Waals surface area contributed by atoms with Gasteiger partial charge in [0.2, 0.25) is 5.91 Å². The summed E-state index contributed by atoms with van der Waals surface area (Å²) in [5.74, 6) is -0.966. The number of nitrogens with zero attached hydrogens (tertiary/aromatic N) is 2. The van der Waals surface area contributed by atoms with Crippen molar-refractivity contribution in [2.75, 3.05) is 19.6 Å². The molecule has 2 aliphatic rings. The van der Waals surface area contributed by atoms with Gasteiger partial charge in [-0.25, -0.2) is 9.59 Å². The highest BCUT2D eigenvalue weighted by molar-refractivity contribution is 5.80. The fourth-order valence-electron chi connectivity index (χ4n) is 4.70. The van der Waals surface area contributed by atoms with Crippen molar-refractivity contribution in [3.8, 4) is 0 Å². The smallest absolute Gasteiger partial charge is 0.407 e. The van der Waals surface area contributed by atoms with Crippen LogP contribution < -0.4 is 33.3 Å². The van der Waals surface area contributed by atoms with Crippen molar-refractivity contribution in [3.05, 3.63) is 33.1 Å². The lowest BCUT2D eigenvalue weighted by atomic mass is 9.98. The molecule has 0 aliphatic carbocycles. The number of ether oxygens (including phenoxy) is 4.